The van der Waals surface area contributed by atoms with E-state index in [0.29, 0.717) is 32.0 Å². The molecule has 2 amide bonds. The van der Waals surface area contributed by atoms with Crippen molar-refractivity contribution in [2.24, 2.45) is 0 Å². The smallest absolute Gasteiger partial charge is 0.410 e. The minimum absolute atomic E-state index is 0.0578. The maximum absolute atomic E-state index is 13.2. The van der Waals surface area contributed by atoms with E-state index in [2.05, 4.69) is 17.2 Å². The van der Waals surface area contributed by atoms with Crippen molar-refractivity contribution in [1.82, 2.24) is 14.8 Å². The molecule has 0 aliphatic carbocycles. The fraction of sp³-hybridized carbons (Fsp3) is 0.583. The molecule has 1 aromatic heterocycles. The topological polar surface area (TPSA) is 74.9 Å². The Morgan fingerprint density at radius 3 is 2.52 bits per heavy atom. The molecule has 2 saturated heterocycles. The van der Waals surface area contributed by atoms with Crippen molar-refractivity contribution in [3.05, 3.63) is 30.0 Å². The highest BCUT2D eigenvalue weighted by Crippen LogP contribution is 2.35. The molecule has 168 valence electrons. The molecule has 3 heterocycles. The zero-order chi connectivity index (χ0) is 22.2. The lowest BCUT2D eigenvalue weighted by Crippen LogP contribution is -2.50. The van der Waals surface area contributed by atoms with Crippen LogP contribution in [0.2, 0.25) is 0 Å². The molecule has 1 N–H and O–H groups in total. The molecule has 31 heavy (non-hydrogen) atoms. The first-order valence-corrected chi connectivity index (χ1v) is 11.2. The number of benzene rings is 1. The van der Waals surface area contributed by atoms with Gasteiger partial charge in [-0.3, -0.25) is 9.69 Å². The van der Waals surface area contributed by atoms with Crippen molar-refractivity contribution in [1.29, 1.82) is 0 Å². The first kappa shape index (κ1) is 21.5. The van der Waals surface area contributed by atoms with Gasteiger partial charge in [0.2, 0.25) is 5.91 Å². The van der Waals surface area contributed by atoms with Gasteiger partial charge >= 0.3 is 6.09 Å². The fourth-order valence-electron chi connectivity index (χ4n) is 4.77. The second-order valence-corrected chi connectivity index (χ2v) is 9.59. The Balaban J connectivity index is 1.40. The van der Waals surface area contributed by atoms with Crippen LogP contribution >= 0.6 is 0 Å². The number of aromatic amines is 1. The number of fused-ring (bicyclic) bond motifs is 1. The lowest BCUT2D eigenvalue weighted by Gasteiger charge is -2.36. The Kier molecular flexibility index (Phi) is 5.86. The molecule has 2 aromatic rings. The number of ether oxygens (including phenoxy) is 2. The number of hydrogen-bond donors (Lipinski definition) is 1. The van der Waals surface area contributed by atoms with Crippen molar-refractivity contribution in [3.63, 3.8) is 0 Å². The highest BCUT2D eigenvalue weighted by Gasteiger charge is 2.39. The largest absolute Gasteiger partial charge is 0.497 e. The molecule has 7 heteroatoms. The van der Waals surface area contributed by atoms with E-state index in [9.17, 15) is 9.59 Å². The standard InChI is InChI=1S/C24H33N3O4/c1-24(2,3)31-23(29)27-11-5-6-21(27)22(28)26-12-9-16(10-13-26)19-15-25-20-8-7-17(30-4)14-18(19)20/h7-8,14-16,21,25H,5-6,9-13H2,1-4H3/t21-/m0/s1. The summed E-state index contributed by atoms with van der Waals surface area (Å²) in [6, 6.07) is 5.68. The molecule has 2 aliphatic rings. The van der Waals surface area contributed by atoms with Crippen LogP contribution in [0.3, 0.4) is 0 Å². The van der Waals surface area contributed by atoms with Crippen LogP contribution in [0, 0.1) is 0 Å². The van der Waals surface area contributed by atoms with Crippen LogP contribution in [0.4, 0.5) is 4.79 Å². The second-order valence-electron chi connectivity index (χ2n) is 9.59. The van der Waals surface area contributed by atoms with E-state index < -0.39 is 11.6 Å². The quantitative estimate of drug-likeness (QED) is 0.793. The second kappa shape index (κ2) is 8.44. The number of amides is 2. The van der Waals surface area contributed by atoms with Crippen LogP contribution in [-0.4, -0.2) is 65.2 Å². The van der Waals surface area contributed by atoms with Crippen molar-refractivity contribution in [2.45, 2.75) is 64.0 Å². The van der Waals surface area contributed by atoms with Crippen LogP contribution in [0.15, 0.2) is 24.4 Å². The van der Waals surface area contributed by atoms with Crippen molar-refractivity contribution >= 4 is 22.9 Å². The van der Waals surface area contributed by atoms with Crippen molar-refractivity contribution in [3.8, 4) is 5.75 Å². The minimum Gasteiger partial charge on any atom is -0.497 e. The summed E-state index contributed by atoms with van der Waals surface area (Å²) in [5, 5.41) is 1.19. The molecule has 0 unspecified atom stereocenters. The molecule has 1 atom stereocenters. The van der Waals surface area contributed by atoms with Crippen molar-refractivity contribution in [2.75, 3.05) is 26.7 Å². The maximum Gasteiger partial charge on any atom is 0.410 e. The van der Waals surface area contributed by atoms with Gasteiger partial charge in [0, 0.05) is 36.7 Å². The van der Waals surface area contributed by atoms with Gasteiger partial charge in [-0.25, -0.2) is 4.79 Å². The molecule has 0 bridgehead atoms. The van der Waals surface area contributed by atoms with E-state index in [1.807, 2.05) is 37.8 Å². The summed E-state index contributed by atoms with van der Waals surface area (Å²) in [7, 11) is 1.68. The van der Waals surface area contributed by atoms with Gasteiger partial charge in [0.05, 0.1) is 7.11 Å². The monoisotopic (exact) mass is 427 g/mol. The highest BCUT2D eigenvalue weighted by atomic mass is 16.6. The lowest BCUT2D eigenvalue weighted by atomic mass is 9.89. The molecule has 2 aliphatic heterocycles. The third-order valence-corrected chi connectivity index (χ3v) is 6.33. The average Bonchev–Trinajstić information content (AvgIpc) is 3.39. The number of piperidine rings is 1. The Morgan fingerprint density at radius 1 is 1.10 bits per heavy atom. The van der Waals surface area contributed by atoms with Gasteiger partial charge in [0.1, 0.15) is 17.4 Å². The minimum atomic E-state index is -0.562. The highest BCUT2D eigenvalue weighted by molar-refractivity contribution is 5.87. The summed E-state index contributed by atoms with van der Waals surface area (Å²) in [5.41, 5.74) is 1.83. The Morgan fingerprint density at radius 2 is 1.84 bits per heavy atom. The van der Waals surface area contributed by atoms with E-state index in [-0.39, 0.29) is 12.0 Å². The summed E-state index contributed by atoms with van der Waals surface area (Å²) in [6.07, 6.45) is 5.08. The zero-order valence-electron chi connectivity index (χ0n) is 18.9. The van der Waals surface area contributed by atoms with E-state index in [1.165, 1.54) is 10.9 Å². The summed E-state index contributed by atoms with van der Waals surface area (Å²) in [4.78, 5) is 32.7. The molecule has 2 fully saturated rings. The Bertz CT molecular complexity index is 953. The number of rotatable bonds is 3. The number of carbonyl (C=O) groups excluding carboxylic acids is 2. The van der Waals surface area contributed by atoms with Gasteiger partial charge in [-0.2, -0.15) is 0 Å². The molecule has 0 radical (unpaired) electrons. The molecule has 7 nitrogen and oxygen atoms in total. The van der Waals surface area contributed by atoms with E-state index in [1.54, 1.807) is 12.0 Å². The third kappa shape index (κ3) is 4.50. The van der Waals surface area contributed by atoms with Gasteiger partial charge < -0.3 is 19.4 Å². The summed E-state index contributed by atoms with van der Waals surface area (Å²) in [6.45, 7) is 7.55. The van der Waals surface area contributed by atoms with Gasteiger partial charge in [0.15, 0.2) is 0 Å². The molecular weight excluding hydrogens is 394 g/mol. The molecule has 1 aromatic carbocycles. The third-order valence-electron chi connectivity index (χ3n) is 6.33. The van der Waals surface area contributed by atoms with E-state index in [0.717, 1.165) is 30.5 Å². The van der Waals surface area contributed by atoms with Crippen molar-refractivity contribution < 1.29 is 19.1 Å². The zero-order valence-corrected chi connectivity index (χ0v) is 18.9. The number of methoxy groups -OCH3 is 1. The molecule has 4 rings (SSSR count). The number of carbonyl (C=O) groups is 2. The number of likely N-dealkylation sites (tertiary alicyclic amines) is 2. The van der Waals surface area contributed by atoms with Gasteiger partial charge in [-0.1, -0.05) is 0 Å². The number of H-pyrrole nitrogens is 1. The van der Waals surface area contributed by atoms with Crippen LogP contribution < -0.4 is 4.74 Å². The normalized spacial score (nSPS) is 20.3. The number of aromatic nitrogens is 1. The lowest BCUT2D eigenvalue weighted by molar-refractivity contribution is -0.137. The van der Waals surface area contributed by atoms with E-state index >= 15 is 0 Å². The van der Waals surface area contributed by atoms with Crippen LogP contribution in [0.1, 0.15) is 57.9 Å². The molecular formula is C24H33N3O4. The fourth-order valence-corrected chi connectivity index (χ4v) is 4.77. The molecule has 0 spiro atoms. The summed E-state index contributed by atoms with van der Waals surface area (Å²) in [5.74, 6) is 1.31. The van der Waals surface area contributed by atoms with Gasteiger partial charge in [-0.05, 0) is 76.1 Å². The van der Waals surface area contributed by atoms with E-state index in [4.69, 9.17) is 9.47 Å². The van der Waals surface area contributed by atoms with Crippen LogP contribution in [0.25, 0.3) is 10.9 Å². The van der Waals surface area contributed by atoms with Gasteiger partial charge in [0.25, 0.3) is 0 Å². The predicted octanol–water partition coefficient (Wildman–Crippen LogP) is 4.28. The first-order valence-electron chi connectivity index (χ1n) is 11.2. The molecule has 0 saturated carbocycles. The summed E-state index contributed by atoms with van der Waals surface area (Å²) < 4.78 is 10.9. The summed E-state index contributed by atoms with van der Waals surface area (Å²) >= 11 is 0. The van der Waals surface area contributed by atoms with Crippen LogP contribution in [-0.2, 0) is 9.53 Å². The van der Waals surface area contributed by atoms with Crippen LogP contribution in [0.5, 0.6) is 5.75 Å². The number of hydrogen-bond acceptors (Lipinski definition) is 4. The predicted molar refractivity (Wildman–Crippen MR) is 119 cm³/mol. The SMILES string of the molecule is COc1ccc2[nH]cc(C3CCN(C(=O)[C@@H]4CCCN4C(=O)OC(C)(C)C)CC3)c2c1. The Hall–Kier alpha value is -2.70. The number of nitrogens with one attached hydrogen (secondary N) is 1. The Labute approximate surface area is 183 Å². The maximum atomic E-state index is 13.2. The first-order chi connectivity index (χ1) is 14.8. The van der Waals surface area contributed by atoms with Gasteiger partial charge in [-0.15, -0.1) is 0 Å². The number of nitrogens with zero attached hydrogens (tertiary/aromatic N) is 2. The average molecular weight is 428 g/mol.